The highest BCUT2D eigenvalue weighted by Gasteiger charge is 2.16. The lowest BCUT2D eigenvalue weighted by molar-refractivity contribution is -0.140. The number of primary amides is 1. The lowest BCUT2D eigenvalue weighted by Crippen LogP contribution is -2.47. The van der Waals surface area contributed by atoms with Gasteiger partial charge < -0.3 is 16.2 Å². The maximum atomic E-state index is 10.8. The standard InChI is InChI=1S/C8H18N4O6S/c9-8(15)10-3-1-2-6(7(13)14)12-11-4-5-19(16,17)18/h6,11-12H,1-5H2,(H,13,14)(H3,9,10,15)(H,16,17,18)/t6-/m0/s1. The number of carbonyl (C=O) groups is 2. The molecule has 2 amide bonds. The molecular formula is C8H18N4O6S. The number of aliphatic carboxylic acids is 1. The average molecular weight is 298 g/mol. The zero-order valence-corrected chi connectivity index (χ0v) is 10.9. The molecule has 0 saturated heterocycles. The number of carboxylic acids is 1. The van der Waals surface area contributed by atoms with Crippen molar-refractivity contribution in [2.45, 2.75) is 18.9 Å². The Morgan fingerprint density at radius 1 is 1.26 bits per heavy atom. The number of carboxylic acid groups (broad SMARTS) is 1. The van der Waals surface area contributed by atoms with Crippen LogP contribution in [-0.2, 0) is 14.9 Å². The van der Waals surface area contributed by atoms with Crippen LogP contribution in [0, 0.1) is 0 Å². The Morgan fingerprint density at radius 3 is 2.37 bits per heavy atom. The van der Waals surface area contributed by atoms with Gasteiger partial charge in [-0.2, -0.15) is 8.42 Å². The Balaban J connectivity index is 3.87. The number of urea groups is 1. The van der Waals surface area contributed by atoms with Crippen LogP contribution in [0.1, 0.15) is 12.8 Å². The van der Waals surface area contributed by atoms with Crippen LogP contribution in [0.4, 0.5) is 4.79 Å². The number of carbonyl (C=O) groups excluding carboxylic acids is 1. The fourth-order valence-electron chi connectivity index (χ4n) is 1.15. The quantitative estimate of drug-likeness (QED) is 0.151. The number of hydrogen-bond donors (Lipinski definition) is 6. The van der Waals surface area contributed by atoms with E-state index < -0.39 is 33.9 Å². The maximum Gasteiger partial charge on any atom is 0.322 e. The molecule has 0 fully saturated rings. The van der Waals surface area contributed by atoms with E-state index in [1.165, 1.54) is 0 Å². The van der Waals surface area contributed by atoms with E-state index in [0.717, 1.165) is 0 Å². The van der Waals surface area contributed by atoms with Crippen LogP contribution in [0.25, 0.3) is 0 Å². The van der Waals surface area contributed by atoms with E-state index in [-0.39, 0.29) is 19.5 Å². The van der Waals surface area contributed by atoms with Gasteiger partial charge in [-0.3, -0.25) is 14.8 Å². The van der Waals surface area contributed by atoms with Crippen molar-refractivity contribution >= 4 is 22.1 Å². The molecule has 10 nitrogen and oxygen atoms in total. The summed E-state index contributed by atoms with van der Waals surface area (Å²) < 4.78 is 29.3. The molecule has 0 radical (unpaired) electrons. The molecule has 112 valence electrons. The fourth-order valence-corrected chi connectivity index (χ4v) is 1.51. The van der Waals surface area contributed by atoms with Crippen LogP contribution in [0.15, 0.2) is 0 Å². The second-order valence-corrected chi connectivity index (χ2v) is 5.25. The average Bonchev–Trinajstić information content (AvgIpc) is 2.24. The van der Waals surface area contributed by atoms with Crippen LogP contribution >= 0.6 is 0 Å². The van der Waals surface area contributed by atoms with E-state index in [4.69, 9.17) is 15.4 Å². The SMILES string of the molecule is NC(=O)NCCC[C@H](NNCCS(=O)(=O)O)C(=O)O. The van der Waals surface area contributed by atoms with E-state index >= 15 is 0 Å². The van der Waals surface area contributed by atoms with Crippen molar-refractivity contribution in [3.8, 4) is 0 Å². The molecule has 0 unspecified atom stereocenters. The smallest absolute Gasteiger partial charge is 0.322 e. The van der Waals surface area contributed by atoms with Gasteiger partial charge in [-0.15, -0.1) is 0 Å². The van der Waals surface area contributed by atoms with Crippen molar-refractivity contribution in [1.82, 2.24) is 16.2 Å². The highest BCUT2D eigenvalue weighted by Crippen LogP contribution is 1.95. The minimum Gasteiger partial charge on any atom is -0.480 e. The van der Waals surface area contributed by atoms with Crippen molar-refractivity contribution < 1.29 is 27.7 Å². The van der Waals surface area contributed by atoms with Gasteiger partial charge in [-0.05, 0) is 12.8 Å². The Bertz CT molecular complexity index is 398. The monoisotopic (exact) mass is 298 g/mol. The van der Waals surface area contributed by atoms with Gasteiger partial charge in [0.2, 0.25) is 0 Å². The lowest BCUT2D eigenvalue weighted by atomic mass is 10.1. The van der Waals surface area contributed by atoms with Crippen molar-refractivity contribution in [3.05, 3.63) is 0 Å². The summed E-state index contributed by atoms with van der Waals surface area (Å²) in [6.45, 7) is 0.105. The van der Waals surface area contributed by atoms with Crippen molar-refractivity contribution in [1.29, 1.82) is 0 Å². The molecule has 11 heteroatoms. The first-order valence-corrected chi connectivity index (χ1v) is 7.03. The van der Waals surface area contributed by atoms with E-state index in [1.807, 2.05) is 0 Å². The first-order valence-electron chi connectivity index (χ1n) is 5.42. The topological polar surface area (TPSA) is 171 Å². The van der Waals surface area contributed by atoms with E-state index in [2.05, 4.69) is 16.2 Å². The minimum atomic E-state index is -4.08. The first kappa shape index (κ1) is 17.6. The van der Waals surface area contributed by atoms with E-state index in [9.17, 15) is 18.0 Å². The zero-order valence-electron chi connectivity index (χ0n) is 10.1. The normalized spacial score (nSPS) is 12.9. The summed E-state index contributed by atoms with van der Waals surface area (Å²) in [5.74, 6) is -1.66. The highest BCUT2D eigenvalue weighted by molar-refractivity contribution is 7.85. The second kappa shape index (κ2) is 8.63. The number of hydrazine groups is 1. The van der Waals surface area contributed by atoms with Crippen LogP contribution in [0.5, 0.6) is 0 Å². The Hall–Kier alpha value is -1.43. The summed E-state index contributed by atoms with van der Waals surface area (Å²) in [6, 6.07) is -1.64. The lowest BCUT2D eigenvalue weighted by Gasteiger charge is -2.14. The molecule has 0 aromatic heterocycles. The number of nitrogens with one attached hydrogen (secondary N) is 3. The Kier molecular flexibility index (Phi) is 7.98. The molecular weight excluding hydrogens is 280 g/mol. The van der Waals surface area contributed by atoms with E-state index in [1.54, 1.807) is 0 Å². The van der Waals surface area contributed by atoms with Gasteiger partial charge in [-0.1, -0.05) is 0 Å². The third-order valence-corrected chi connectivity index (χ3v) is 2.75. The fraction of sp³-hybridized carbons (Fsp3) is 0.750. The van der Waals surface area contributed by atoms with Crippen LogP contribution < -0.4 is 21.9 Å². The third-order valence-electron chi connectivity index (χ3n) is 2.03. The van der Waals surface area contributed by atoms with Gasteiger partial charge in [-0.25, -0.2) is 10.2 Å². The summed E-state index contributed by atoms with van der Waals surface area (Å²) in [7, 11) is -4.08. The summed E-state index contributed by atoms with van der Waals surface area (Å²) in [5.41, 5.74) is 9.64. The highest BCUT2D eigenvalue weighted by atomic mass is 32.2. The largest absolute Gasteiger partial charge is 0.480 e. The molecule has 0 bridgehead atoms. The molecule has 0 aromatic carbocycles. The van der Waals surface area contributed by atoms with Gasteiger partial charge in [0.25, 0.3) is 10.1 Å². The molecule has 19 heavy (non-hydrogen) atoms. The predicted molar refractivity (Wildman–Crippen MR) is 65.8 cm³/mol. The third kappa shape index (κ3) is 11.4. The molecule has 0 saturated carbocycles. The van der Waals surface area contributed by atoms with Crippen molar-refractivity contribution in [3.63, 3.8) is 0 Å². The van der Waals surface area contributed by atoms with Gasteiger partial charge in [0.05, 0.1) is 5.75 Å². The summed E-state index contributed by atoms with van der Waals surface area (Å²) in [4.78, 5) is 21.2. The van der Waals surface area contributed by atoms with Gasteiger partial charge in [0.1, 0.15) is 6.04 Å². The predicted octanol–water partition coefficient (Wildman–Crippen LogP) is -2.13. The van der Waals surface area contributed by atoms with Crippen molar-refractivity contribution in [2.75, 3.05) is 18.8 Å². The van der Waals surface area contributed by atoms with Crippen LogP contribution in [0.2, 0.25) is 0 Å². The minimum absolute atomic E-state index is 0.137. The van der Waals surface area contributed by atoms with Crippen molar-refractivity contribution in [2.24, 2.45) is 5.73 Å². The zero-order chi connectivity index (χ0) is 14.9. The number of rotatable bonds is 10. The number of nitrogens with two attached hydrogens (primary N) is 1. The Labute approximate surface area is 110 Å². The summed E-state index contributed by atoms with van der Waals surface area (Å²) in [5, 5.41) is 11.2. The molecule has 0 heterocycles. The van der Waals surface area contributed by atoms with Gasteiger partial charge >= 0.3 is 12.0 Å². The molecule has 0 rings (SSSR count). The molecule has 0 aliphatic heterocycles. The van der Waals surface area contributed by atoms with Gasteiger partial charge in [0.15, 0.2) is 0 Å². The first-order chi connectivity index (χ1) is 8.72. The molecule has 0 aromatic rings. The Morgan fingerprint density at radius 2 is 1.89 bits per heavy atom. The molecule has 1 atom stereocenters. The van der Waals surface area contributed by atoms with Crippen LogP contribution in [-0.4, -0.2) is 55.0 Å². The number of hydrogen-bond acceptors (Lipinski definition) is 6. The molecule has 0 aliphatic rings. The van der Waals surface area contributed by atoms with Gasteiger partial charge in [0, 0.05) is 13.1 Å². The molecule has 0 spiro atoms. The summed E-state index contributed by atoms with van der Waals surface area (Å²) in [6.07, 6.45) is 0.585. The molecule has 7 N–H and O–H groups in total. The second-order valence-electron chi connectivity index (χ2n) is 3.68. The van der Waals surface area contributed by atoms with Crippen LogP contribution in [0.3, 0.4) is 0 Å². The number of amides is 2. The summed E-state index contributed by atoms with van der Waals surface area (Å²) >= 11 is 0. The molecule has 0 aliphatic carbocycles. The van der Waals surface area contributed by atoms with E-state index in [0.29, 0.717) is 6.42 Å². The maximum absolute atomic E-state index is 10.8.